The van der Waals surface area contributed by atoms with E-state index in [1.165, 1.54) is 24.8 Å². The van der Waals surface area contributed by atoms with Gasteiger partial charge in [-0.3, -0.25) is 0 Å². The number of ether oxygens (including phenoxy) is 1. The molecule has 3 unspecified atom stereocenters. The molecule has 0 saturated heterocycles. The van der Waals surface area contributed by atoms with E-state index in [-0.39, 0.29) is 17.6 Å². The summed E-state index contributed by atoms with van der Waals surface area (Å²) in [5.74, 6) is 2.48. The molecule has 3 aromatic rings. The first-order valence-corrected chi connectivity index (χ1v) is 9.58. The molecule has 0 radical (unpaired) electrons. The second-order valence-electron chi connectivity index (χ2n) is 8.01. The predicted octanol–water partition coefficient (Wildman–Crippen LogP) is 4.73. The Morgan fingerprint density at radius 2 is 1.65 bits per heavy atom. The molecule has 130 valence electrons. The molecule has 1 aliphatic heterocycles. The fraction of sp³-hybridized carbons (Fsp3) is 0.348. The van der Waals surface area contributed by atoms with Gasteiger partial charge in [-0.25, -0.2) is 4.79 Å². The number of hydrogen-bond donors (Lipinski definition) is 0. The quantitative estimate of drug-likeness (QED) is 0.599. The van der Waals surface area contributed by atoms with Crippen LogP contribution in [0.2, 0.25) is 0 Å². The first-order valence-electron chi connectivity index (χ1n) is 9.58. The van der Waals surface area contributed by atoms with Crippen LogP contribution in [-0.2, 0) is 0 Å². The van der Waals surface area contributed by atoms with Crippen molar-refractivity contribution in [3.05, 3.63) is 76.1 Å². The molecule has 2 aromatic carbocycles. The smallest absolute Gasteiger partial charge is 0.343 e. The van der Waals surface area contributed by atoms with Crippen molar-refractivity contribution in [1.29, 1.82) is 0 Å². The van der Waals surface area contributed by atoms with Crippen LogP contribution in [0.4, 0.5) is 0 Å². The van der Waals surface area contributed by atoms with Gasteiger partial charge in [-0.05, 0) is 48.8 Å². The lowest BCUT2D eigenvalue weighted by Crippen LogP contribution is -2.42. The highest BCUT2D eigenvalue weighted by Gasteiger charge is 2.56. The van der Waals surface area contributed by atoms with Crippen LogP contribution >= 0.6 is 0 Å². The Labute approximate surface area is 151 Å². The first-order chi connectivity index (χ1) is 12.8. The fourth-order valence-electron chi connectivity index (χ4n) is 5.83. The number of benzene rings is 2. The minimum absolute atomic E-state index is 0.0705. The summed E-state index contributed by atoms with van der Waals surface area (Å²) in [6.45, 7) is 0. The normalized spacial score (nSPS) is 31.5. The molecule has 0 amide bonds. The minimum Gasteiger partial charge on any atom is -0.488 e. The van der Waals surface area contributed by atoms with Crippen molar-refractivity contribution < 1.29 is 9.15 Å². The van der Waals surface area contributed by atoms with Gasteiger partial charge in [0.2, 0.25) is 0 Å². The lowest BCUT2D eigenvalue weighted by atomic mass is 9.70. The highest BCUT2D eigenvalue weighted by atomic mass is 16.5. The number of hydrogen-bond acceptors (Lipinski definition) is 3. The predicted molar refractivity (Wildman–Crippen MR) is 99.5 cm³/mol. The number of rotatable bonds is 1. The maximum atomic E-state index is 13.0. The summed E-state index contributed by atoms with van der Waals surface area (Å²) in [7, 11) is 0. The summed E-state index contributed by atoms with van der Waals surface area (Å²) in [6, 6.07) is 18.2. The summed E-state index contributed by atoms with van der Waals surface area (Å²) in [6.07, 6.45) is 3.96. The molecule has 2 heterocycles. The van der Waals surface area contributed by atoms with Crippen LogP contribution < -0.4 is 10.4 Å². The summed E-state index contributed by atoms with van der Waals surface area (Å²) >= 11 is 0. The lowest BCUT2D eigenvalue weighted by molar-refractivity contribution is 0.0541. The van der Waals surface area contributed by atoms with E-state index >= 15 is 0 Å². The molecule has 2 saturated carbocycles. The molecular formula is C23H20O3. The van der Waals surface area contributed by atoms with E-state index in [2.05, 4.69) is 24.3 Å². The van der Waals surface area contributed by atoms with Gasteiger partial charge in [-0.1, -0.05) is 42.5 Å². The van der Waals surface area contributed by atoms with E-state index in [9.17, 15) is 4.79 Å². The summed E-state index contributed by atoms with van der Waals surface area (Å²) in [4.78, 5) is 13.0. The highest BCUT2D eigenvalue weighted by Crippen LogP contribution is 2.59. The van der Waals surface area contributed by atoms with E-state index in [4.69, 9.17) is 9.15 Å². The Kier molecular flexibility index (Phi) is 2.94. The van der Waals surface area contributed by atoms with Gasteiger partial charge < -0.3 is 9.15 Å². The zero-order valence-corrected chi connectivity index (χ0v) is 14.4. The summed E-state index contributed by atoms with van der Waals surface area (Å²) in [5, 5.41) is 0.921. The summed E-state index contributed by atoms with van der Waals surface area (Å²) < 4.78 is 12.3. The number of fused-ring (bicyclic) bond motifs is 8. The zero-order valence-electron chi connectivity index (χ0n) is 14.4. The molecule has 6 rings (SSSR count). The largest absolute Gasteiger partial charge is 0.488 e. The third-order valence-electron chi connectivity index (χ3n) is 6.81. The lowest BCUT2D eigenvalue weighted by Gasteiger charge is -2.41. The second kappa shape index (κ2) is 5.23. The third-order valence-corrected chi connectivity index (χ3v) is 6.81. The van der Waals surface area contributed by atoms with Crippen molar-refractivity contribution in [3.8, 4) is 5.75 Å². The zero-order chi connectivity index (χ0) is 17.3. The van der Waals surface area contributed by atoms with Crippen LogP contribution in [0.5, 0.6) is 5.75 Å². The van der Waals surface area contributed by atoms with Gasteiger partial charge >= 0.3 is 5.63 Å². The average molecular weight is 344 g/mol. The maximum absolute atomic E-state index is 13.0. The molecule has 0 spiro atoms. The van der Waals surface area contributed by atoms with Crippen molar-refractivity contribution in [2.24, 2.45) is 17.8 Å². The van der Waals surface area contributed by atoms with Crippen molar-refractivity contribution in [1.82, 2.24) is 0 Å². The van der Waals surface area contributed by atoms with E-state index in [1.807, 2.05) is 30.3 Å². The van der Waals surface area contributed by atoms with Gasteiger partial charge in [0.05, 0.1) is 10.9 Å². The Balaban J connectivity index is 1.66. The van der Waals surface area contributed by atoms with Crippen LogP contribution in [0.1, 0.15) is 36.3 Å². The molecule has 2 bridgehead atoms. The minimum atomic E-state index is -0.242. The van der Waals surface area contributed by atoms with Crippen LogP contribution in [0, 0.1) is 17.8 Å². The Morgan fingerprint density at radius 1 is 0.885 bits per heavy atom. The van der Waals surface area contributed by atoms with Gasteiger partial charge in [0.15, 0.2) is 0 Å². The van der Waals surface area contributed by atoms with Crippen LogP contribution in [0.15, 0.2) is 63.8 Å². The Hall–Kier alpha value is -2.55. The molecule has 1 aromatic heterocycles. The summed E-state index contributed by atoms with van der Waals surface area (Å²) in [5.41, 5.74) is 2.31. The second-order valence-corrected chi connectivity index (χ2v) is 8.01. The molecule has 2 fully saturated rings. The van der Waals surface area contributed by atoms with Gasteiger partial charge in [0.25, 0.3) is 0 Å². The van der Waals surface area contributed by atoms with Crippen LogP contribution in [0.3, 0.4) is 0 Å². The molecule has 3 nitrogen and oxygen atoms in total. The van der Waals surface area contributed by atoms with E-state index in [0.717, 1.165) is 16.7 Å². The molecule has 3 heteroatoms. The third kappa shape index (κ3) is 1.86. The molecule has 5 atom stereocenters. The molecule has 26 heavy (non-hydrogen) atoms. The fourth-order valence-corrected chi connectivity index (χ4v) is 5.83. The van der Waals surface area contributed by atoms with Gasteiger partial charge in [0, 0.05) is 11.8 Å². The van der Waals surface area contributed by atoms with Crippen molar-refractivity contribution in [2.45, 2.75) is 31.3 Å². The monoisotopic (exact) mass is 344 g/mol. The molecular weight excluding hydrogens is 324 g/mol. The van der Waals surface area contributed by atoms with Crippen molar-refractivity contribution in [3.63, 3.8) is 0 Å². The Bertz CT molecular complexity index is 1050. The van der Waals surface area contributed by atoms with Crippen LogP contribution in [0.25, 0.3) is 11.0 Å². The van der Waals surface area contributed by atoms with E-state index in [1.54, 1.807) is 0 Å². The molecule has 3 aliphatic rings. The Morgan fingerprint density at radius 3 is 2.54 bits per heavy atom. The van der Waals surface area contributed by atoms with E-state index in [0.29, 0.717) is 23.3 Å². The van der Waals surface area contributed by atoms with Crippen molar-refractivity contribution in [2.75, 3.05) is 0 Å². The van der Waals surface area contributed by atoms with Gasteiger partial charge in [-0.2, -0.15) is 0 Å². The first kappa shape index (κ1) is 14.6. The van der Waals surface area contributed by atoms with Gasteiger partial charge in [0.1, 0.15) is 17.4 Å². The average Bonchev–Trinajstić information content (AvgIpc) is 3.30. The maximum Gasteiger partial charge on any atom is 0.343 e. The van der Waals surface area contributed by atoms with E-state index < -0.39 is 0 Å². The van der Waals surface area contributed by atoms with Gasteiger partial charge in [-0.15, -0.1) is 0 Å². The van der Waals surface area contributed by atoms with Crippen molar-refractivity contribution >= 4 is 11.0 Å². The SMILES string of the molecule is O=c1oc2ccccc2c2c1[C@@H](c1ccccc1)C1C3CCC(C3)[C@H]1O2. The standard InChI is InChI=1S/C23H20O3/c24-23-20-18(13-6-2-1-3-7-13)19-14-10-11-15(12-14)21(19)26-22(20)16-8-4-5-9-17(16)25-23/h1-9,14-15,18-19,21H,10-12H2/t14?,15?,18-,19?,21+/m0/s1. The molecule has 2 aliphatic carbocycles. The molecule has 0 N–H and O–H groups in total. The van der Waals surface area contributed by atoms with Crippen LogP contribution in [-0.4, -0.2) is 6.10 Å². The topological polar surface area (TPSA) is 39.4 Å². The number of para-hydroxylation sites is 1. The highest BCUT2D eigenvalue weighted by molar-refractivity contribution is 5.85.